The summed E-state index contributed by atoms with van der Waals surface area (Å²) < 4.78 is 10.8. The lowest BCUT2D eigenvalue weighted by Gasteiger charge is -2.14. The summed E-state index contributed by atoms with van der Waals surface area (Å²) in [5.41, 5.74) is 2.64. The topological polar surface area (TPSA) is 55.8 Å². The van der Waals surface area contributed by atoms with Crippen LogP contribution in [0.15, 0.2) is 41.3 Å². The highest BCUT2D eigenvalue weighted by atomic mass is 35.5. The third-order valence-corrected chi connectivity index (χ3v) is 5.49. The van der Waals surface area contributed by atoms with Crippen LogP contribution in [0, 0.1) is 6.92 Å². The van der Waals surface area contributed by atoms with E-state index in [-0.39, 0.29) is 17.7 Å². The van der Waals surface area contributed by atoms with E-state index in [9.17, 15) is 9.59 Å². The number of carbonyl (C=O) groups is 2. The molecule has 28 heavy (non-hydrogen) atoms. The maximum absolute atomic E-state index is 12.8. The van der Waals surface area contributed by atoms with Gasteiger partial charge in [-0.25, -0.2) is 0 Å². The molecular weight excluding hydrogens is 398 g/mol. The maximum Gasteiger partial charge on any atom is 0.293 e. The molecule has 1 aliphatic rings. The number of benzene rings is 2. The number of hydrogen-bond acceptors (Lipinski definition) is 5. The van der Waals surface area contributed by atoms with Gasteiger partial charge in [0.05, 0.1) is 30.2 Å². The van der Waals surface area contributed by atoms with E-state index in [1.807, 2.05) is 38.1 Å². The summed E-state index contributed by atoms with van der Waals surface area (Å²) in [5, 5.41) is 0.0861. The first-order valence-corrected chi connectivity index (χ1v) is 9.94. The fourth-order valence-electron chi connectivity index (χ4n) is 2.88. The zero-order valence-electron chi connectivity index (χ0n) is 15.8. The Balaban J connectivity index is 1.88. The largest absolute Gasteiger partial charge is 0.491 e. The average Bonchev–Trinajstić information content (AvgIpc) is 2.91. The molecule has 0 radical (unpaired) electrons. The van der Waals surface area contributed by atoms with Gasteiger partial charge in [0.25, 0.3) is 11.1 Å². The van der Waals surface area contributed by atoms with Gasteiger partial charge in [-0.1, -0.05) is 35.9 Å². The van der Waals surface area contributed by atoms with Gasteiger partial charge in [0, 0.05) is 0 Å². The number of amides is 2. The van der Waals surface area contributed by atoms with Gasteiger partial charge in [-0.2, -0.15) is 0 Å². The van der Waals surface area contributed by atoms with Crippen molar-refractivity contribution < 1.29 is 19.1 Å². The normalized spacial score (nSPS) is 15.4. The van der Waals surface area contributed by atoms with Crippen LogP contribution in [0.4, 0.5) is 4.79 Å². The highest BCUT2D eigenvalue weighted by Gasteiger charge is 2.35. The molecule has 3 rings (SSSR count). The number of nitrogens with zero attached hydrogens (tertiary/aromatic N) is 1. The molecule has 0 unspecified atom stereocenters. The van der Waals surface area contributed by atoms with Gasteiger partial charge >= 0.3 is 0 Å². The first kappa shape index (κ1) is 20.3. The van der Waals surface area contributed by atoms with Crippen molar-refractivity contribution in [3.05, 3.63) is 63.0 Å². The minimum atomic E-state index is -0.317. The number of aryl methyl sites for hydroxylation is 1. The lowest BCUT2D eigenvalue weighted by atomic mass is 10.1. The van der Waals surface area contributed by atoms with Crippen LogP contribution in [0.3, 0.4) is 0 Å². The second-order valence-electron chi connectivity index (χ2n) is 6.16. The number of carbonyl (C=O) groups excluding carboxylic acids is 2. The molecule has 1 saturated heterocycles. The van der Waals surface area contributed by atoms with Gasteiger partial charge in [-0.3, -0.25) is 14.5 Å². The molecule has 0 aliphatic carbocycles. The Bertz CT molecular complexity index is 957. The molecule has 7 heteroatoms. The number of thioether (sulfide) groups is 1. The van der Waals surface area contributed by atoms with Crippen LogP contribution < -0.4 is 9.47 Å². The predicted octanol–water partition coefficient (Wildman–Crippen LogP) is 5.29. The van der Waals surface area contributed by atoms with Gasteiger partial charge in [-0.15, -0.1) is 0 Å². The number of ether oxygens (including phenoxy) is 2. The molecule has 5 nitrogen and oxygen atoms in total. The Hall–Kier alpha value is -2.44. The summed E-state index contributed by atoms with van der Waals surface area (Å²) in [6, 6.07) is 11.1. The van der Waals surface area contributed by atoms with Gasteiger partial charge in [-0.05, 0) is 60.5 Å². The Morgan fingerprint density at radius 2 is 1.96 bits per heavy atom. The van der Waals surface area contributed by atoms with Crippen molar-refractivity contribution in [1.82, 2.24) is 4.90 Å². The van der Waals surface area contributed by atoms with Crippen molar-refractivity contribution in [3.8, 4) is 11.5 Å². The van der Waals surface area contributed by atoms with Gasteiger partial charge < -0.3 is 9.47 Å². The van der Waals surface area contributed by atoms with Crippen LogP contribution in [0.1, 0.15) is 23.6 Å². The zero-order chi connectivity index (χ0) is 20.3. The van der Waals surface area contributed by atoms with E-state index in [0.717, 1.165) is 22.9 Å². The van der Waals surface area contributed by atoms with E-state index in [4.69, 9.17) is 21.1 Å². The third kappa shape index (κ3) is 4.18. The van der Waals surface area contributed by atoms with Crippen molar-refractivity contribution >= 4 is 40.6 Å². The molecule has 0 spiro atoms. The molecule has 1 aliphatic heterocycles. The van der Waals surface area contributed by atoms with Crippen LogP contribution in [0.25, 0.3) is 6.08 Å². The second kappa shape index (κ2) is 8.71. The summed E-state index contributed by atoms with van der Waals surface area (Å²) in [5.74, 6) is 0.611. The Morgan fingerprint density at radius 3 is 2.64 bits per heavy atom. The lowest BCUT2D eigenvalue weighted by Crippen LogP contribution is -2.27. The van der Waals surface area contributed by atoms with E-state index >= 15 is 0 Å². The zero-order valence-corrected chi connectivity index (χ0v) is 17.4. The van der Waals surface area contributed by atoms with Gasteiger partial charge in [0.15, 0.2) is 11.5 Å². The average molecular weight is 418 g/mol. The highest BCUT2D eigenvalue weighted by molar-refractivity contribution is 8.18. The fraction of sp³-hybridized carbons (Fsp3) is 0.238. The van der Waals surface area contributed by atoms with Crippen LogP contribution in [0.5, 0.6) is 11.5 Å². The lowest BCUT2D eigenvalue weighted by molar-refractivity contribution is -0.123. The van der Waals surface area contributed by atoms with Gasteiger partial charge in [0.1, 0.15) is 0 Å². The molecule has 0 atom stereocenters. The van der Waals surface area contributed by atoms with Crippen LogP contribution in [-0.4, -0.2) is 29.8 Å². The van der Waals surface area contributed by atoms with Crippen molar-refractivity contribution in [2.45, 2.75) is 20.4 Å². The van der Waals surface area contributed by atoms with Crippen LogP contribution in [0.2, 0.25) is 5.02 Å². The van der Waals surface area contributed by atoms with Crippen LogP contribution >= 0.6 is 23.4 Å². The quantitative estimate of drug-likeness (QED) is 0.597. The van der Waals surface area contributed by atoms with Crippen LogP contribution in [-0.2, 0) is 11.3 Å². The SMILES string of the molecule is CCOc1cc(/C=C2\SC(=O)N(Cc3ccccc3C)C2=O)cc(Cl)c1OC. The number of halogens is 1. The van der Waals surface area contributed by atoms with Crippen molar-refractivity contribution in [1.29, 1.82) is 0 Å². The molecule has 2 aromatic rings. The summed E-state index contributed by atoms with van der Waals surface area (Å²) in [7, 11) is 1.51. The summed E-state index contributed by atoms with van der Waals surface area (Å²) in [4.78, 5) is 26.8. The van der Waals surface area contributed by atoms with Crippen molar-refractivity contribution in [3.63, 3.8) is 0 Å². The number of hydrogen-bond donors (Lipinski definition) is 0. The Labute approximate surface area is 173 Å². The van der Waals surface area contributed by atoms with E-state index in [1.165, 1.54) is 12.0 Å². The Morgan fingerprint density at radius 1 is 1.21 bits per heavy atom. The summed E-state index contributed by atoms with van der Waals surface area (Å²) in [6.07, 6.45) is 1.65. The maximum atomic E-state index is 12.8. The van der Waals surface area contributed by atoms with E-state index in [0.29, 0.717) is 33.6 Å². The first-order valence-electron chi connectivity index (χ1n) is 8.74. The number of imide groups is 1. The molecular formula is C21H20ClNO4S. The highest BCUT2D eigenvalue weighted by Crippen LogP contribution is 2.39. The van der Waals surface area contributed by atoms with E-state index in [2.05, 4.69) is 0 Å². The minimum absolute atomic E-state index is 0.252. The van der Waals surface area contributed by atoms with E-state index in [1.54, 1.807) is 18.2 Å². The third-order valence-electron chi connectivity index (χ3n) is 4.30. The molecule has 1 fully saturated rings. The standard InChI is InChI=1S/C21H20ClNO4S/c1-4-27-17-10-14(9-16(22)19(17)26-3)11-18-20(24)23(21(25)28-18)12-15-8-6-5-7-13(15)2/h5-11H,4,12H2,1-3H3/b18-11-. The molecule has 0 aromatic heterocycles. The molecule has 2 amide bonds. The summed E-state index contributed by atoms with van der Waals surface area (Å²) >= 11 is 7.19. The minimum Gasteiger partial charge on any atom is -0.491 e. The van der Waals surface area contributed by atoms with Crippen molar-refractivity contribution in [2.75, 3.05) is 13.7 Å². The first-order chi connectivity index (χ1) is 13.4. The molecule has 0 bridgehead atoms. The molecule has 0 N–H and O–H groups in total. The monoisotopic (exact) mass is 417 g/mol. The molecule has 0 saturated carbocycles. The number of methoxy groups -OCH3 is 1. The Kier molecular flexibility index (Phi) is 6.31. The smallest absolute Gasteiger partial charge is 0.293 e. The van der Waals surface area contributed by atoms with Gasteiger partial charge in [0.2, 0.25) is 0 Å². The number of rotatable bonds is 6. The van der Waals surface area contributed by atoms with Crippen molar-refractivity contribution in [2.24, 2.45) is 0 Å². The summed E-state index contributed by atoms with van der Waals surface area (Å²) in [6.45, 7) is 4.52. The molecule has 2 aromatic carbocycles. The molecule has 146 valence electrons. The second-order valence-corrected chi connectivity index (χ2v) is 7.56. The fourth-order valence-corrected chi connectivity index (χ4v) is 4.01. The predicted molar refractivity (Wildman–Crippen MR) is 112 cm³/mol. The molecule has 1 heterocycles. The van der Waals surface area contributed by atoms with E-state index < -0.39 is 0 Å².